The molecule has 0 saturated heterocycles. The summed E-state index contributed by atoms with van der Waals surface area (Å²) < 4.78 is 11.3. The monoisotopic (exact) mass is 359 g/mol. The highest BCUT2D eigenvalue weighted by Gasteiger charge is 2.35. The molecule has 25 heavy (non-hydrogen) atoms. The van der Waals surface area contributed by atoms with E-state index in [9.17, 15) is 0 Å². The quantitative estimate of drug-likeness (QED) is 0.715. The predicted molar refractivity (Wildman–Crippen MR) is 111 cm³/mol. The van der Waals surface area contributed by atoms with Gasteiger partial charge in [-0.05, 0) is 36.8 Å². The van der Waals surface area contributed by atoms with Crippen molar-refractivity contribution in [1.82, 2.24) is 0 Å². The molecule has 1 atom stereocenters. The fourth-order valence-electron chi connectivity index (χ4n) is 3.11. The van der Waals surface area contributed by atoms with E-state index in [4.69, 9.17) is 9.47 Å². The molecule has 0 saturated carbocycles. The summed E-state index contributed by atoms with van der Waals surface area (Å²) in [6.07, 6.45) is 1.03. The van der Waals surface area contributed by atoms with Gasteiger partial charge in [-0.1, -0.05) is 52.8 Å². The average molecular weight is 359 g/mol. The third-order valence-corrected chi connectivity index (χ3v) is 7.36. The Morgan fingerprint density at radius 2 is 1.48 bits per heavy atom. The van der Waals surface area contributed by atoms with Crippen molar-refractivity contribution in [2.75, 3.05) is 25.8 Å². The molecule has 0 bridgehead atoms. The SMILES string of the molecule is CC.COc1cccc(OC)c1-c1cccc2c1P(C(C)(C)C)CN2. The average Bonchev–Trinajstić information content (AvgIpc) is 3.07. The van der Waals surface area contributed by atoms with Crippen molar-refractivity contribution in [2.24, 2.45) is 0 Å². The Balaban J connectivity index is 0.00000109. The third kappa shape index (κ3) is 3.77. The number of benzene rings is 2. The van der Waals surface area contributed by atoms with Crippen molar-refractivity contribution in [3.8, 4) is 22.6 Å². The Morgan fingerprint density at radius 1 is 0.920 bits per heavy atom. The minimum Gasteiger partial charge on any atom is -0.496 e. The highest BCUT2D eigenvalue weighted by molar-refractivity contribution is 7.68. The number of methoxy groups -OCH3 is 2. The summed E-state index contributed by atoms with van der Waals surface area (Å²) in [4.78, 5) is 0. The van der Waals surface area contributed by atoms with E-state index >= 15 is 0 Å². The van der Waals surface area contributed by atoms with Crippen LogP contribution in [0.25, 0.3) is 11.1 Å². The van der Waals surface area contributed by atoms with Crippen molar-refractivity contribution in [2.45, 2.75) is 39.8 Å². The Bertz CT molecular complexity index is 700. The number of hydrogen-bond acceptors (Lipinski definition) is 3. The van der Waals surface area contributed by atoms with Crippen molar-refractivity contribution in [1.29, 1.82) is 0 Å². The van der Waals surface area contributed by atoms with E-state index in [1.807, 2.05) is 32.0 Å². The van der Waals surface area contributed by atoms with E-state index in [0.717, 1.165) is 23.3 Å². The Hall–Kier alpha value is -1.73. The van der Waals surface area contributed by atoms with Gasteiger partial charge in [0.2, 0.25) is 0 Å². The van der Waals surface area contributed by atoms with Gasteiger partial charge in [0, 0.05) is 17.3 Å². The van der Waals surface area contributed by atoms with Gasteiger partial charge >= 0.3 is 0 Å². The first-order valence-electron chi connectivity index (χ1n) is 8.83. The summed E-state index contributed by atoms with van der Waals surface area (Å²) in [5.74, 6) is 1.71. The largest absolute Gasteiger partial charge is 0.496 e. The van der Waals surface area contributed by atoms with Crippen LogP contribution >= 0.6 is 7.92 Å². The molecule has 1 heterocycles. The summed E-state index contributed by atoms with van der Waals surface area (Å²) >= 11 is 0. The summed E-state index contributed by atoms with van der Waals surface area (Å²) in [5, 5.41) is 5.27. The highest BCUT2D eigenvalue weighted by Crippen LogP contribution is 2.56. The zero-order valence-electron chi connectivity index (χ0n) is 16.4. The molecule has 3 rings (SSSR count). The van der Waals surface area contributed by atoms with Gasteiger partial charge < -0.3 is 14.8 Å². The second kappa shape index (κ2) is 8.10. The summed E-state index contributed by atoms with van der Waals surface area (Å²) in [7, 11) is 3.13. The lowest BCUT2D eigenvalue weighted by Crippen LogP contribution is -2.19. The second-order valence-corrected chi connectivity index (χ2v) is 9.63. The van der Waals surface area contributed by atoms with Crippen LogP contribution in [-0.4, -0.2) is 25.7 Å². The molecule has 1 aliphatic rings. The molecule has 1 unspecified atom stereocenters. The molecule has 0 aromatic heterocycles. The van der Waals surface area contributed by atoms with Crippen LogP contribution in [0.15, 0.2) is 36.4 Å². The van der Waals surface area contributed by atoms with E-state index in [2.05, 4.69) is 44.3 Å². The van der Waals surface area contributed by atoms with Gasteiger partial charge in [0.05, 0.1) is 19.8 Å². The molecule has 0 amide bonds. The maximum absolute atomic E-state index is 5.63. The third-order valence-electron chi connectivity index (χ3n) is 4.24. The van der Waals surface area contributed by atoms with Crippen LogP contribution in [-0.2, 0) is 0 Å². The van der Waals surface area contributed by atoms with Crippen molar-refractivity contribution < 1.29 is 9.47 Å². The molecule has 0 spiro atoms. The molecule has 2 aromatic carbocycles. The summed E-state index contributed by atoms with van der Waals surface area (Å²) in [6.45, 7) is 11.0. The molecule has 1 N–H and O–H groups in total. The number of rotatable bonds is 3. The molecule has 136 valence electrons. The molecule has 2 aromatic rings. The maximum atomic E-state index is 5.63. The van der Waals surface area contributed by atoms with Crippen molar-refractivity contribution in [3.63, 3.8) is 0 Å². The van der Waals surface area contributed by atoms with Crippen LogP contribution in [0, 0.1) is 0 Å². The molecular formula is C21H30NO2P. The molecule has 0 radical (unpaired) electrons. The Labute approximate surface area is 153 Å². The van der Waals surface area contributed by atoms with Crippen molar-refractivity contribution in [3.05, 3.63) is 36.4 Å². The van der Waals surface area contributed by atoms with E-state index in [1.54, 1.807) is 14.2 Å². The minimum absolute atomic E-state index is 0.249. The first kappa shape index (κ1) is 19.6. The fourth-order valence-corrected chi connectivity index (χ4v) is 5.66. The van der Waals surface area contributed by atoms with Crippen LogP contribution < -0.4 is 20.1 Å². The number of anilines is 1. The minimum atomic E-state index is -0.303. The van der Waals surface area contributed by atoms with Gasteiger partial charge in [-0.2, -0.15) is 0 Å². The molecule has 0 fully saturated rings. The van der Waals surface area contributed by atoms with E-state index in [1.165, 1.54) is 16.6 Å². The lowest BCUT2D eigenvalue weighted by atomic mass is 10.0. The van der Waals surface area contributed by atoms with Gasteiger partial charge in [-0.3, -0.25) is 0 Å². The standard InChI is InChI=1S/C19H24NO2P.C2H6/c1-19(2,3)23-12-20-14-9-6-8-13(18(14)23)17-15(21-4)10-7-11-16(17)22-5;1-2/h6-11,20H,12H2,1-5H3;1-2H3. The molecular weight excluding hydrogens is 329 g/mol. The van der Waals surface area contributed by atoms with Crippen LogP contribution in [0.1, 0.15) is 34.6 Å². The zero-order chi connectivity index (χ0) is 18.6. The van der Waals surface area contributed by atoms with Gasteiger partial charge in [0.15, 0.2) is 0 Å². The summed E-state index contributed by atoms with van der Waals surface area (Å²) in [6, 6.07) is 12.4. The molecule has 3 nitrogen and oxygen atoms in total. The number of fused-ring (bicyclic) bond motifs is 1. The lowest BCUT2D eigenvalue weighted by Gasteiger charge is -2.29. The van der Waals surface area contributed by atoms with E-state index < -0.39 is 0 Å². The molecule has 4 heteroatoms. The van der Waals surface area contributed by atoms with Gasteiger partial charge in [0.25, 0.3) is 0 Å². The zero-order valence-corrected chi connectivity index (χ0v) is 17.3. The Kier molecular flexibility index (Phi) is 6.35. The van der Waals surface area contributed by atoms with Gasteiger partial charge in [-0.25, -0.2) is 0 Å². The van der Waals surface area contributed by atoms with Crippen LogP contribution in [0.2, 0.25) is 0 Å². The lowest BCUT2D eigenvalue weighted by molar-refractivity contribution is 0.397. The smallest absolute Gasteiger partial charge is 0.130 e. The molecule has 1 aliphatic heterocycles. The molecule has 0 aliphatic carbocycles. The highest BCUT2D eigenvalue weighted by atomic mass is 31.1. The van der Waals surface area contributed by atoms with Gasteiger partial charge in [0.1, 0.15) is 11.5 Å². The number of hydrogen-bond donors (Lipinski definition) is 1. The van der Waals surface area contributed by atoms with E-state index in [0.29, 0.717) is 0 Å². The number of nitrogens with one attached hydrogen (secondary N) is 1. The van der Waals surface area contributed by atoms with Crippen LogP contribution in [0.3, 0.4) is 0 Å². The van der Waals surface area contributed by atoms with E-state index in [-0.39, 0.29) is 13.1 Å². The van der Waals surface area contributed by atoms with Gasteiger partial charge in [-0.15, -0.1) is 0 Å². The second-order valence-electron chi connectivity index (χ2n) is 6.67. The normalized spacial score (nSPS) is 15.6. The van der Waals surface area contributed by atoms with Crippen LogP contribution in [0.5, 0.6) is 11.5 Å². The first-order chi connectivity index (χ1) is 12.0. The van der Waals surface area contributed by atoms with Crippen molar-refractivity contribution >= 4 is 18.9 Å². The topological polar surface area (TPSA) is 30.5 Å². The predicted octanol–water partition coefficient (Wildman–Crippen LogP) is 5.69. The first-order valence-corrected chi connectivity index (χ1v) is 10.4. The fraction of sp³-hybridized carbons (Fsp3) is 0.429. The maximum Gasteiger partial charge on any atom is 0.130 e. The Morgan fingerprint density at radius 3 is 2.00 bits per heavy atom. The van der Waals surface area contributed by atoms with Crippen LogP contribution in [0.4, 0.5) is 5.69 Å². The summed E-state index contributed by atoms with van der Waals surface area (Å²) in [5.41, 5.74) is 3.52. The number of ether oxygens (including phenoxy) is 2.